The summed E-state index contributed by atoms with van der Waals surface area (Å²) in [4.78, 5) is 24.3. The standard InChI is InChI=1S/C44H78O6/c1-41(2)35-31-27-23-19-15-11-7-6-9-12-16-20-24-28-32-36-43(47)49-40-42(39-46)50-44(48)37-33-29-25-21-17-13-8-4-3-5-10-14-18-22-26-30-34-38-45/h3,5,8,13-14,18,21,25,41-42,45-46H,4,6-7,9-12,15-17,19-20,22-24,26-40H2,1-2H3/b5-3-,13-8-,18-14-,25-21-/t42-/m0/s1. The minimum absolute atomic E-state index is 0.0936. The van der Waals surface area contributed by atoms with Gasteiger partial charge in [0.1, 0.15) is 6.61 Å². The van der Waals surface area contributed by atoms with Gasteiger partial charge in [-0.25, -0.2) is 0 Å². The van der Waals surface area contributed by atoms with Crippen LogP contribution >= 0.6 is 0 Å². The molecule has 0 aromatic carbocycles. The Morgan fingerprint density at radius 2 is 0.920 bits per heavy atom. The number of aliphatic hydroxyl groups excluding tert-OH is 2. The molecule has 0 radical (unpaired) electrons. The Kier molecular flexibility index (Phi) is 37.9. The molecule has 0 aliphatic carbocycles. The van der Waals surface area contributed by atoms with Crippen LogP contribution < -0.4 is 0 Å². The van der Waals surface area contributed by atoms with Gasteiger partial charge in [0, 0.05) is 19.4 Å². The first kappa shape index (κ1) is 47.8. The van der Waals surface area contributed by atoms with Gasteiger partial charge in [0.05, 0.1) is 6.61 Å². The van der Waals surface area contributed by atoms with Gasteiger partial charge in [-0.2, -0.15) is 0 Å². The first-order valence-corrected chi connectivity index (χ1v) is 20.7. The molecule has 0 aliphatic rings. The summed E-state index contributed by atoms with van der Waals surface area (Å²) in [5.74, 6) is 0.182. The fraction of sp³-hybridized carbons (Fsp3) is 0.773. The molecule has 0 saturated carbocycles. The third kappa shape index (κ3) is 38.6. The average Bonchev–Trinajstić information content (AvgIpc) is 3.10. The fourth-order valence-corrected chi connectivity index (χ4v) is 5.71. The van der Waals surface area contributed by atoms with Gasteiger partial charge in [0.15, 0.2) is 6.10 Å². The summed E-state index contributed by atoms with van der Waals surface area (Å²) in [6, 6.07) is 0. The van der Waals surface area contributed by atoms with E-state index in [1.165, 1.54) is 83.5 Å². The number of hydrogen-bond donors (Lipinski definition) is 2. The van der Waals surface area contributed by atoms with Crippen LogP contribution in [-0.2, 0) is 19.1 Å². The van der Waals surface area contributed by atoms with Gasteiger partial charge >= 0.3 is 11.9 Å². The number of ether oxygens (including phenoxy) is 2. The lowest BCUT2D eigenvalue weighted by Gasteiger charge is -2.15. The normalized spacial score (nSPS) is 12.7. The largest absolute Gasteiger partial charge is 0.462 e. The third-order valence-electron chi connectivity index (χ3n) is 8.86. The molecule has 0 saturated heterocycles. The Bertz CT molecular complexity index is 859. The highest BCUT2D eigenvalue weighted by molar-refractivity contribution is 5.70. The predicted molar refractivity (Wildman–Crippen MR) is 211 cm³/mol. The molecule has 0 aliphatic heterocycles. The van der Waals surface area contributed by atoms with E-state index in [4.69, 9.17) is 14.6 Å². The summed E-state index contributed by atoms with van der Waals surface area (Å²) >= 11 is 0. The summed E-state index contributed by atoms with van der Waals surface area (Å²) in [6.07, 6.45) is 46.2. The molecule has 2 N–H and O–H groups in total. The molecule has 0 fully saturated rings. The molecule has 0 aromatic heterocycles. The highest BCUT2D eigenvalue weighted by Crippen LogP contribution is 2.15. The van der Waals surface area contributed by atoms with Crippen LogP contribution in [0, 0.1) is 5.92 Å². The van der Waals surface area contributed by atoms with E-state index in [-0.39, 0.29) is 31.6 Å². The summed E-state index contributed by atoms with van der Waals surface area (Å²) in [6.45, 7) is 4.47. The zero-order chi connectivity index (χ0) is 36.6. The quantitative estimate of drug-likeness (QED) is 0.0380. The maximum atomic E-state index is 12.2. The van der Waals surface area contributed by atoms with Crippen molar-refractivity contribution in [2.24, 2.45) is 5.92 Å². The number of allylic oxidation sites excluding steroid dienone is 8. The van der Waals surface area contributed by atoms with Crippen molar-refractivity contribution in [3.8, 4) is 0 Å². The van der Waals surface area contributed by atoms with Gasteiger partial charge in [-0.15, -0.1) is 0 Å². The topological polar surface area (TPSA) is 93.1 Å². The SMILES string of the molecule is CC(C)CCCCCCCCCCCCCCCCCC(=O)OC[C@H](CO)OC(=O)CCC/C=C\C/C=C\C/C=C\C/C=C\CCCCCO. The molecule has 50 heavy (non-hydrogen) atoms. The number of rotatable bonds is 37. The Labute approximate surface area is 308 Å². The lowest BCUT2D eigenvalue weighted by atomic mass is 10.0. The lowest BCUT2D eigenvalue weighted by molar-refractivity contribution is -0.161. The second-order valence-corrected chi connectivity index (χ2v) is 14.3. The van der Waals surface area contributed by atoms with E-state index in [0.29, 0.717) is 19.4 Å². The van der Waals surface area contributed by atoms with Crippen LogP contribution in [0.25, 0.3) is 0 Å². The van der Waals surface area contributed by atoms with Crippen LogP contribution in [-0.4, -0.2) is 48.1 Å². The van der Waals surface area contributed by atoms with E-state index in [1.54, 1.807) is 0 Å². The molecule has 0 unspecified atom stereocenters. The third-order valence-corrected chi connectivity index (χ3v) is 8.86. The van der Waals surface area contributed by atoms with Crippen LogP contribution in [0.2, 0.25) is 0 Å². The first-order chi connectivity index (χ1) is 24.5. The second-order valence-electron chi connectivity index (χ2n) is 14.3. The molecule has 290 valence electrons. The van der Waals surface area contributed by atoms with Crippen molar-refractivity contribution in [2.75, 3.05) is 19.8 Å². The Morgan fingerprint density at radius 1 is 0.500 bits per heavy atom. The minimum Gasteiger partial charge on any atom is -0.462 e. The maximum Gasteiger partial charge on any atom is 0.306 e. The Balaban J connectivity index is 3.62. The van der Waals surface area contributed by atoms with Gasteiger partial charge in [0.2, 0.25) is 0 Å². The van der Waals surface area contributed by atoms with Crippen molar-refractivity contribution in [3.05, 3.63) is 48.6 Å². The van der Waals surface area contributed by atoms with E-state index < -0.39 is 6.10 Å². The Hall–Kier alpha value is -2.18. The molecule has 0 amide bonds. The zero-order valence-electron chi connectivity index (χ0n) is 32.5. The highest BCUT2D eigenvalue weighted by atomic mass is 16.6. The van der Waals surface area contributed by atoms with E-state index in [1.807, 2.05) is 0 Å². The van der Waals surface area contributed by atoms with E-state index in [0.717, 1.165) is 76.5 Å². The maximum absolute atomic E-state index is 12.2. The van der Waals surface area contributed by atoms with Gasteiger partial charge < -0.3 is 19.7 Å². The van der Waals surface area contributed by atoms with Crippen molar-refractivity contribution in [3.63, 3.8) is 0 Å². The van der Waals surface area contributed by atoms with E-state index in [2.05, 4.69) is 62.5 Å². The molecule has 0 aromatic rings. The Morgan fingerprint density at radius 3 is 1.40 bits per heavy atom. The average molecular weight is 703 g/mol. The molecule has 0 spiro atoms. The predicted octanol–water partition coefficient (Wildman–Crippen LogP) is 11.8. The van der Waals surface area contributed by atoms with Crippen molar-refractivity contribution < 1.29 is 29.3 Å². The van der Waals surface area contributed by atoms with Gasteiger partial charge in [0.25, 0.3) is 0 Å². The number of carbonyl (C=O) groups excluding carboxylic acids is 2. The van der Waals surface area contributed by atoms with Crippen molar-refractivity contribution in [1.29, 1.82) is 0 Å². The smallest absolute Gasteiger partial charge is 0.306 e. The van der Waals surface area contributed by atoms with Crippen LogP contribution in [0.3, 0.4) is 0 Å². The highest BCUT2D eigenvalue weighted by Gasteiger charge is 2.16. The molecular weight excluding hydrogens is 624 g/mol. The van der Waals surface area contributed by atoms with Crippen LogP contribution in [0.4, 0.5) is 0 Å². The molecule has 6 nitrogen and oxygen atoms in total. The van der Waals surface area contributed by atoms with E-state index in [9.17, 15) is 14.7 Å². The summed E-state index contributed by atoms with van der Waals surface area (Å²) in [7, 11) is 0. The molecule has 1 atom stereocenters. The van der Waals surface area contributed by atoms with Gasteiger partial charge in [-0.3, -0.25) is 9.59 Å². The van der Waals surface area contributed by atoms with Crippen LogP contribution in [0.15, 0.2) is 48.6 Å². The van der Waals surface area contributed by atoms with Crippen LogP contribution in [0.5, 0.6) is 0 Å². The van der Waals surface area contributed by atoms with Crippen molar-refractivity contribution >= 4 is 11.9 Å². The molecule has 0 heterocycles. The summed E-state index contributed by atoms with van der Waals surface area (Å²) < 4.78 is 10.6. The van der Waals surface area contributed by atoms with Crippen LogP contribution in [0.1, 0.15) is 187 Å². The molecule has 6 heteroatoms. The van der Waals surface area contributed by atoms with Crippen molar-refractivity contribution in [1.82, 2.24) is 0 Å². The number of carbonyl (C=O) groups is 2. The number of unbranched alkanes of at least 4 members (excludes halogenated alkanes) is 18. The van der Waals surface area contributed by atoms with Gasteiger partial charge in [-0.1, -0.05) is 165 Å². The van der Waals surface area contributed by atoms with Gasteiger partial charge in [-0.05, 0) is 63.7 Å². The number of hydrogen-bond acceptors (Lipinski definition) is 6. The first-order valence-electron chi connectivity index (χ1n) is 20.7. The molecular formula is C44H78O6. The summed E-state index contributed by atoms with van der Waals surface area (Å²) in [5, 5.41) is 18.3. The molecule has 0 rings (SSSR count). The fourth-order valence-electron chi connectivity index (χ4n) is 5.71. The van der Waals surface area contributed by atoms with E-state index >= 15 is 0 Å². The molecule has 0 bridgehead atoms. The minimum atomic E-state index is -0.806. The van der Waals surface area contributed by atoms with Crippen molar-refractivity contribution in [2.45, 2.75) is 193 Å². The second kappa shape index (κ2) is 39.6. The monoisotopic (exact) mass is 703 g/mol. The summed E-state index contributed by atoms with van der Waals surface area (Å²) in [5.41, 5.74) is 0. The lowest BCUT2D eigenvalue weighted by Crippen LogP contribution is -2.28. The number of esters is 2. The zero-order valence-corrected chi connectivity index (χ0v) is 32.5. The number of aliphatic hydroxyl groups is 2.